The second-order valence-electron chi connectivity index (χ2n) is 5.66. The van der Waals surface area contributed by atoms with E-state index in [1.807, 2.05) is 0 Å². The van der Waals surface area contributed by atoms with Gasteiger partial charge in [0.2, 0.25) is 0 Å². The number of ether oxygens (including phenoxy) is 1. The molecule has 0 amide bonds. The second kappa shape index (κ2) is 9.80. The van der Waals surface area contributed by atoms with Crippen LogP contribution in [0.25, 0.3) is 0 Å². The van der Waals surface area contributed by atoms with E-state index in [2.05, 4.69) is 69.1 Å². The quantitative estimate of drug-likeness (QED) is 0.709. The molecule has 0 aliphatic carbocycles. The first-order valence-electron chi connectivity index (χ1n) is 8.33. The van der Waals surface area contributed by atoms with Gasteiger partial charge in [0, 0.05) is 6.04 Å². The van der Waals surface area contributed by atoms with Gasteiger partial charge in [-0.1, -0.05) is 32.9 Å². The van der Waals surface area contributed by atoms with Crippen molar-refractivity contribution < 1.29 is 4.74 Å². The predicted molar refractivity (Wildman–Crippen MR) is 91.0 cm³/mol. The van der Waals surface area contributed by atoms with Gasteiger partial charge in [-0.25, -0.2) is 0 Å². The van der Waals surface area contributed by atoms with Crippen molar-refractivity contribution in [3.63, 3.8) is 0 Å². The van der Waals surface area contributed by atoms with Crippen LogP contribution in [0.1, 0.15) is 52.6 Å². The number of nitrogens with zero attached hydrogens (tertiary/aromatic N) is 1. The van der Waals surface area contributed by atoms with Crippen LogP contribution in [-0.2, 0) is 0 Å². The van der Waals surface area contributed by atoms with Gasteiger partial charge < -0.3 is 15.0 Å². The highest BCUT2D eigenvalue weighted by Crippen LogP contribution is 2.21. The van der Waals surface area contributed by atoms with Gasteiger partial charge in [0.25, 0.3) is 0 Å². The van der Waals surface area contributed by atoms with Gasteiger partial charge in [0.1, 0.15) is 5.75 Å². The summed E-state index contributed by atoms with van der Waals surface area (Å²) in [6.07, 6.45) is 1.36. The number of hydrogen-bond acceptors (Lipinski definition) is 3. The molecule has 1 atom stereocenters. The fraction of sp³-hybridized carbons (Fsp3) is 0.667. The van der Waals surface area contributed by atoms with Crippen molar-refractivity contribution in [1.82, 2.24) is 10.2 Å². The molecular weight excluding hydrogens is 260 g/mol. The molecule has 0 spiro atoms. The van der Waals surface area contributed by atoms with Crippen molar-refractivity contribution in [2.24, 2.45) is 0 Å². The Kier molecular flexibility index (Phi) is 8.40. The summed E-state index contributed by atoms with van der Waals surface area (Å²) >= 11 is 0. The van der Waals surface area contributed by atoms with Crippen LogP contribution < -0.4 is 10.1 Å². The summed E-state index contributed by atoms with van der Waals surface area (Å²) in [5.41, 5.74) is 1.35. The van der Waals surface area contributed by atoms with Crippen molar-refractivity contribution in [2.75, 3.05) is 26.2 Å². The SMILES string of the molecule is CCNC(CCN(CC)CC)c1ccc(OC(C)C)cc1. The molecular formula is C18H32N2O. The molecule has 3 heteroatoms. The summed E-state index contributed by atoms with van der Waals surface area (Å²) in [6.45, 7) is 15.1. The van der Waals surface area contributed by atoms with E-state index in [4.69, 9.17) is 4.74 Å². The lowest BCUT2D eigenvalue weighted by molar-refractivity contribution is 0.242. The zero-order valence-corrected chi connectivity index (χ0v) is 14.4. The van der Waals surface area contributed by atoms with Crippen LogP contribution in [0.2, 0.25) is 0 Å². The second-order valence-corrected chi connectivity index (χ2v) is 5.66. The molecule has 1 unspecified atom stereocenters. The average molecular weight is 292 g/mol. The number of nitrogens with one attached hydrogen (secondary N) is 1. The predicted octanol–water partition coefficient (Wildman–Crippen LogP) is 3.86. The van der Waals surface area contributed by atoms with Crippen molar-refractivity contribution in [1.29, 1.82) is 0 Å². The van der Waals surface area contributed by atoms with Gasteiger partial charge in [-0.3, -0.25) is 0 Å². The minimum Gasteiger partial charge on any atom is -0.491 e. The molecule has 0 aliphatic heterocycles. The van der Waals surface area contributed by atoms with Gasteiger partial charge in [-0.15, -0.1) is 0 Å². The molecule has 1 N–H and O–H groups in total. The first-order chi connectivity index (χ1) is 10.1. The van der Waals surface area contributed by atoms with E-state index in [1.54, 1.807) is 0 Å². The van der Waals surface area contributed by atoms with Crippen molar-refractivity contribution >= 4 is 0 Å². The monoisotopic (exact) mass is 292 g/mol. The Bertz CT molecular complexity index is 371. The van der Waals surface area contributed by atoms with Gasteiger partial charge in [-0.05, 0) is 64.1 Å². The van der Waals surface area contributed by atoms with E-state index in [9.17, 15) is 0 Å². The van der Waals surface area contributed by atoms with Gasteiger partial charge in [-0.2, -0.15) is 0 Å². The summed E-state index contributed by atoms with van der Waals surface area (Å²) in [5.74, 6) is 0.952. The third kappa shape index (κ3) is 6.49. The molecule has 0 aliphatic rings. The Labute approximate surface area is 130 Å². The van der Waals surface area contributed by atoms with E-state index >= 15 is 0 Å². The summed E-state index contributed by atoms with van der Waals surface area (Å²) in [6, 6.07) is 8.96. The maximum Gasteiger partial charge on any atom is 0.119 e. The third-order valence-corrected chi connectivity index (χ3v) is 3.73. The van der Waals surface area contributed by atoms with E-state index in [1.165, 1.54) is 5.56 Å². The molecule has 120 valence electrons. The van der Waals surface area contributed by atoms with E-state index in [-0.39, 0.29) is 6.10 Å². The van der Waals surface area contributed by atoms with E-state index in [0.717, 1.165) is 38.3 Å². The van der Waals surface area contributed by atoms with Crippen LogP contribution in [0.5, 0.6) is 5.75 Å². The molecule has 0 bridgehead atoms. The topological polar surface area (TPSA) is 24.5 Å². The standard InChI is InChI=1S/C18H32N2O/c1-6-19-18(13-14-20(7-2)8-3)16-9-11-17(12-10-16)21-15(4)5/h9-12,15,18-19H,6-8,13-14H2,1-5H3. The lowest BCUT2D eigenvalue weighted by Crippen LogP contribution is -2.29. The Morgan fingerprint density at radius 2 is 1.67 bits per heavy atom. The smallest absolute Gasteiger partial charge is 0.119 e. The molecule has 3 nitrogen and oxygen atoms in total. The van der Waals surface area contributed by atoms with Gasteiger partial charge >= 0.3 is 0 Å². The van der Waals surface area contributed by atoms with Gasteiger partial charge in [0.15, 0.2) is 0 Å². The van der Waals surface area contributed by atoms with E-state index in [0.29, 0.717) is 6.04 Å². The molecule has 0 radical (unpaired) electrons. The molecule has 21 heavy (non-hydrogen) atoms. The highest BCUT2D eigenvalue weighted by Gasteiger charge is 2.12. The summed E-state index contributed by atoms with van der Waals surface area (Å²) in [7, 11) is 0. The van der Waals surface area contributed by atoms with E-state index < -0.39 is 0 Å². The molecule has 1 rings (SSSR count). The zero-order chi connectivity index (χ0) is 15.7. The zero-order valence-electron chi connectivity index (χ0n) is 14.4. The first-order valence-corrected chi connectivity index (χ1v) is 8.33. The largest absolute Gasteiger partial charge is 0.491 e. The lowest BCUT2D eigenvalue weighted by Gasteiger charge is -2.24. The fourth-order valence-electron chi connectivity index (χ4n) is 2.54. The third-order valence-electron chi connectivity index (χ3n) is 3.73. The van der Waals surface area contributed by atoms with Crippen LogP contribution in [0, 0.1) is 0 Å². The average Bonchev–Trinajstić information content (AvgIpc) is 2.47. The normalized spacial score (nSPS) is 12.9. The van der Waals surface area contributed by atoms with Gasteiger partial charge in [0.05, 0.1) is 6.10 Å². The highest BCUT2D eigenvalue weighted by molar-refractivity contribution is 5.29. The highest BCUT2D eigenvalue weighted by atomic mass is 16.5. The Morgan fingerprint density at radius 1 is 1.05 bits per heavy atom. The molecule has 0 saturated carbocycles. The first kappa shape index (κ1) is 18.0. The van der Waals surface area contributed by atoms with Crippen molar-refractivity contribution in [3.05, 3.63) is 29.8 Å². The van der Waals surface area contributed by atoms with Crippen molar-refractivity contribution in [2.45, 2.75) is 53.2 Å². The van der Waals surface area contributed by atoms with Crippen LogP contribution >= 0.6 is 0 Å². The molecule has 1 aromatic rings. The van der Waals surface area contributed by atoms with Crippen LogP contribution in [0.3, 0.4) is 0 Å². The molecule has 0 heterocycles. The summed E-state index contributed by atoms with van der Waals surface area (Å²) < 4.78 is 5.71. The molecule has 0 aromatic heterocycles. The number of hydrogen-bond donors (Lipinski definition) is 1. The minimum atomic E-state index is 0.225. The maximum absolute atomic E-state index is 5.71. The van der Waals surface area contributed by atoms with Crippen LogP contribution in [-0.4, -0.2) is 37.2 Å². The molecule has 0 saturated heterocycles. The van der Waals surface area contributed by atoms with Crippen LogP contribution in [0.15, 0.2) is 24.3 Å². The number of benzene rings is 1. The Hall–Kier alpha value is -1.06. The Balaban J connectivity index is 2.66. The summed E-state index contributed by atoms with van der Waals surface area (Å²) in [5, 5.41) is 3.60. The maximum atomic E-state index is 5.71. The molecule has 1 aromatic carbocycles. The number of rotatable bonds is 10. The minimum absolute atomic E-state index is 0.225. The fourth-order valence-corrected chi connectivity index (χ4v) is 2.54. The van der Waals surface area contributed by atoms with Crippen molar-refractivity contribution in [3.8, 4) is 5.75 Å². The molecule has 0 fully saturated rings. The Morgan fingerprint density at radius 3 is 2.14 bits per heavy atom. The lowest BCUT2D eigenvalue weighted by atomic mass is 10.0. The summed E-state index contributed by atoms with van der Waals surface area (Å²) in [4.78, 5) is 2.47. The van der Waals surface area contributed by atoms with Crippen LogP contribution in [0.4, 0.5) is 0 Å².